The molecule has 6 heterocycles. The molecule has 0 aliphatic heterocycles. The summed E-state index contributed by atoms with van der Waals surface area (Å²) in [6.45, 7) is 7.27. The summed E-state index contributed by atoms with van der Waals surface area (Å²) in [7, 11) is 7.76. The molecule has 6 aromatic rings. The van der Waals surface area contributed by atoms with Gasteiger partial charge in [0.15, 0.2) is 0 Å². The minimum absolute atomic E-state index is 0.0222. The van der Waals surface area contributed by atoms with E-state index in [-0.39, 0.29) is 23.2 Å². The van der Waals surface area contributed by atoms with Gasteiger partial charge in [-0.3, -0.25) is 18.7 Å². The molecule has 49 heavy (non-hydrogen) atoms. The molecule has 0 bridgehead atoms. The molecule has 0 amide bonds. The summed E-state index contributed by atoms with van der Waals surface area (Å²) >= 11 is 8.90. The molecule has 0 N–H and O–H groups in total. The molecular formula is C35H38ClN9O2S2. The Kier molecular flexibility index (Phi) is 9.30. The third kappa shape index (κ3) is 6.15. The second-order valence-corrected chi connectivity index (χ2v) is 15.7. The fourth-order valence-electron chi connectivity index (χ4n) is 7.20. The van der Waals surface area contributed by atoms with Crippen molar-refractivity contribution in [1.29, 1.82) is 0 Å². The molecule has 254 valence electrons. The Morgan fingerprint density at radius 1 is 0.735 bits per heavy atom. The number of hydrogen-bond donors (Lipinski definition) is 0. The van der Waals surface area contributed by atoms with Crippen LogP contribution in [0, 0.1) is 6.57 Å². The Morgan fingerprint density at radius 2 is 1.18 bits per heavy atom. The Labute approximate surface area is 296 Å². The molecule has 8 rings (SSSR count). The molecule has 6 aromatic heterocycles. The molecule has 2 fully saturated rings. The van der Waals surface area contributed by atoms with E-state index in [4.69, 9.17) is 18.2 Å². The van der Waals surface area contributed by atoms with Crippen molar-refractivity contribution in [2.24, 2.45) is 0 Å². The van der Waals surface area contributed by atoms with Gasteiger partial charge in [0, 0.05) is 46.0 Å². The molecule has 0 radical (unpaired) electrons. The van der Waals surface area contributed by atoms with Crippen LogP contribution in [0.5, 0.6) is 0 Å². The van der Waals surface area contributed by atoms with Crippen molar-refractivity contribution < 1.29 is 0 Å². The predicted octanol–water partition coefficient (Wildman–Crippen LogP) is 8.36. The van der Waals surface area contributed by atoms with Crippen molar-refractivity contribution in [2.75, 3.05) is 38.0 Å². The third-order valence-corrected chi connectivity index (χ3v) is 12.0. The van der Waals surface area contributed by atoms with Crippen LogP contribution in [-0.4, -0.2) is 57.3 Å². The molecule has 0 saturated heterocycles. The molecule has 11 nitrogen and oxygen atoms in total. The van der Waals surface area contributed by atoms with Gasteiger partial charge < -0.3 is 14.6 Å². The van der Waals surface area contributed by atoms with E-state index in [0.29, 0.717) is 30.7 Å². The monoisotopic (exact) mass is 715 g/mol. The fourth-order valence-corrected chi connectivity index (χ4v) is 9.61. The number of halogens is 1. The Morgan fingerprint density at radius 3 is 1.63 bits per heavy atom. The van der Waals surface area contributed by atoms with Crippen LogP contribution in [0.2, 0.25) is 5.15 Å². The van der Waals surface area contributed by atoms with E-state index in [1.807, 2.05) is 53.2 Å². The predicted molar refractivity (Wildman–Crippen MR) is 203 cm³/mol. The molecule has 0 spiro atoms. The van der Waals surface area contributed by atoms with Crippen LogP contribution in [0.15, 0.2) is 34.4 Å². The number of rotatable bonds is 4. The zero-order valence-corrected chi connectivity index (χ0v) is 30.5. The summed E-state index contributed by atoms with van der Waals surface area (Å²) in [4.78, 5) is 53.0. The fraction of sp³-hybridized carbons (Fsp3) is 0.457. The first-order valence-corrected chi connectivity index (χ1v) is 18.7. The Hall–Kier alpha value is -4.12. The van der Waals surface area contributed by atoms with E-state index >= 15 is 0 Å². The lowest BCUT2D eigenvalue weighted by atomic mass is 9.95. The van der Waals surface area contributed by atoms with Crippen molar-refractivity contribution in [3.05, 3.63) is 62.1 Å². The number of aromatic nitrogens is 6. The second kappa shape index (κ2) is 13.7. The van der Waals surface area contributed by atoms with Gasteiger partial charge in [-0.2, -0.15) is 0 Å². The largest absolute Gasteiger partial charge is 0.378 e. The van der Waals surface area contributed by atoms with Gasteiger partial charge in [-0.25, -0.2) is 15.0 Å². The summed E-state index contributed by atoms with van der Waals surface area (Å²) < 4.78 is 4.95. The quantitative estimate of drug-likeness (QED) is 0.132. The highest BCUT2D eigenvalue weighted by molar-refractivity contribution is 7.25. The standard InChI is InChI=1S/C18H19N5OS.C17H19ClN4OS/c1-19-13-9-12(22(2)3)14-15-16(25-17(14)21-13)18(24)23(10-20-15)11-7-5-4-6-8-11;1-21(2)11-8-12(18)20-16-13(11)14-15(24-16)17(23)22(9-19-14)10-6-4-3-5-7-10/h9-11H,4-8H2,2-3H3;8-10H,3-7H2,1-2H3. The summed E-state index contributed by atoms with van der Waals surface area (Å²) in [5.74, 6) is 0.343. The first-order chi connectivity index (χ1) is 23.7. The number of fused-ring (bicyclic) bond motifs is 6. The van der Waals surface area contributed by atoms with Crippen molar-refractivity contribution in [2.45, 2.75) is 76.3 Å². The maximum absolute atomic E-state index is 13.1. The number of hydrogen-bond acceptors (Lipinski definition) is 10. The SMILES string of the molecule is CN(C)c1cc(Cl)nc2sc3c(=O)n(C4CCCCC4)cnc3c12.[C-]#[N+]c1cc(N(C)C)c2c(n1)sc1c(=O)n(C3CCCCC3)cnc12. The molecule has 14 heteroatoms. The highest BCUT2D eigenvalue weighted by Gasteiger charge is 2.24. The van der Waals surface area contributed by atoms with Crippen LogP contribution < -0.4 is 20.9 Å². The Balaban J connectivity index is 0.000000154. The van der Waals surface area contributed by atoms with Crippen LogP contribution in [0.4, 0.5) is 17.2 Å². The molecule has 0 aromatic carbocycles. The van der Waals surface area contributed by atoms with Gasteiger partial charge >= 0.3 is 0 Å². The molecular weight excluding hydrogens is 678 g/mol. The lowest BCUT2D eigenvalue weighted by molar-refractivity contribution is 0.345. The van der Waals surface area contributed by atoms with Crippen molar-refractivity contribution in [3.8, 4) is 0 Å². The first-order valence-electron chi connectivity index (χ1n) is 16.7. The van der Waals surface area contributed by atoms with Crippen molar-refractivity contribution >= 4 is 92.3 Å². The molecule has 0 unspecified atom stereocenters. The minimum Gasteiger partial charge on any atom is -0.378 e. The Bertz CT molecular complexity index is 2360. The average Bonchev–Trinajstić information content (AvgIpc) is 3.68. The highest BCUT2D eigenvalue weighted by atomic mass is 35.5. The van der Waals surface area contributed by atoms with Crippen molar-refractivity contribution in [1.82, 2.24) is 29.1 Å². The number of anilines is 2. The van der Waals surface area contributed by atoms with Crippen LogP contribution in [0.1, 0.15) is 76.3 Å². The second-order valence-electron chi connectivity index (χ2n) is 13.3. The molecule has 0 atom stereocenters. The smallest absolute Gasteiger partial charge is 0.273 e. The number of pyridine rings is 2. The van der Waals surface area contributed by atoms with Gasteiger partial charge in [0.25, 0.3) is 16.9 Å². The highest BCUT2D eigenvalue weighted by Crippen LogP contribution is 2.39. The topological polar surface area (TPSA) is 106 Å². The van der Waals surface area contributed by atoms with Gasteiger partial charge in [0.05, 0.1) is 34.6 Å². The molecule has 2 aliphatic carbocycles. The summed E-state index contributed by atoms with van der Waals surface area (Å²) in [6.07, 6.45) is 14.9. The summed E-state index contributed by atoms with van der Waals surface area (Å²) in [6, 6.07) is 4.11. The van der Waals surface area contributed by atoms with Gasteiger partial charge in [-0.15, -0.1) is 16.3 Å². The lowest BCUT2D eigenvalue weighted by Crippen LogP contribution is -2.26. The van der Waals surface area contributed by atoms with E-state index in [1.54, 1.807) is 18.7 Å². The van der Waals surface area contributed by atoms with E-state index < -0.39 is 0 Å². The van der Waals surface area contributed by atoms with Crippen LogP contribution >= 0.6 is 34.3 Å². The van der Waals surface area contributed by atoms with Crippen LogP contribution in [0.3, 0.4) is 0 Å². The van der Waals surface area contributed by atoms with Gasteiger partial charge in [0.1, 0.15) is 24.9 Å². The molecule has 2 saturated carbocycles. The third-order valence-electron chi connectivity index (χ3n) is 9.68. The van der Waals surface area contributed by atoms with E-state index in [2.05, 4.69) is 24.8 Å². The maximum atomic E-state index is 13.1. The lowest BCUT2D eigenvalue weighted by Gasteiger charge is -2.23. The van der Waals surface area contributed by atoms with Crippen LogP contribution in [-0.2, 0) is 0 Å². The average molecular weight is 716 g/mol. The number of thiophene rings is 2. The van der Waals surface area contributed by atoms with E-state index in [1.165, 1.54) is 61.2 Å². The van der Waals surface area contributed by atoms with Gasteiger partial charge in [0.2, 0.25) is 4.83 Å². The maximum Gasteiger partial charge on any atom is 0.273 e. The first kappa shape index (κ1) is 33.4. The van der Waals surface area contributed by atoms with Gasteiger partial charge in [-0.1, -0.05) is 68.0 Å². The minimum atomic E-state index is 0.0222. The van der Waals surface area contributed by atoms with Crippen LogP contribution in [0.25, 0.3) is 45.7 Å². The zero-order valence-electron chi connectivity index (χ0n) is 28.1. The van der Waals surface area contributed by atoms with E-state index in [9.17, 15) is 9.59 Å². The summed E-state index contributed by atoms with van der Waals surface area (Å²) in [5, 5.41) is 2.22. The normalized spacial score (nSPS) is 15.8. The molecule has 2 aliphatic rings. The summed E-state index contributed by atoms with van der Waals surface area (Å²) in [5.41, 5.74) is 3.33. The van der Waals surface area contributed by atoms with E-state index in [0.717, 1.165) is 58.2 Å². The zero-order chi connectivity index (χ0) is 34.4. The number of nitrogens with zero attached hydrogens (tertiary/aromatic N) is 9. The van der Waals surface area contributed by atoms with Crippen molar-refractivity contribution in [3.63, 3.8) is 0 Å². The van der Waals surface area contributed by atoms with Gasteiger partial charge in [-0.05, 0) is 37.8 Å².